The number of quaternary nitrogens is 2. The molecule has 3 rings (SSSR count). The van der Waals surface area contributed by atoms with E-state index in [0.717, 1.165) is 49.1 Å². The van der Waals surface area contributed by atoms with Gasteiger partial charge in [0.15, 0.2) is 6.04 Å². The van der Waals surface area contributed by atoms with Gasteiger partial charge in [0.1, 0.15) is 38.5 Å². The quantitative estimate of drug-likeness (QED) is 0.624. The van der Waals surface area contributed by atoms with Crippen LogP contribution in [-0.2, 0) is 17.9 Å². The molecule has 28 heavy (non-hydrogen) atoms. The summed E-state index contributed by atoms with van der Waals surface area (Å²) >= 11 is 5.96. The molecular formula is C22H30ClN3O2+2. The first-order valence-corrected chi connectivity index (χ1v) is 10.3. The Balaban J connectivity index is 1.42. The Morgan fingerprint density at radius 3 is 2.25 bits per heavy atom. The van der Waals surface area contributed by atoms with Crippen molar-refractivity contribution in [2.75, 3.05) is 33.3 Å². The lowest BCUT2D eigenvalue weighted by Crippen LogP contribution is -3.29. The van der Waals surface area contributed by atoms with Crippen molar-refractivity contribution in [3.63, 3.8) is 0 Å². The number of methoxy groups -OCH3 is 1. The van der Waals surface area contributed by atoms with Crippen molar-refractivity contribution in [2.45, 2.75) is 26.1 Å². The van der Waals surface area contributed by atoms with Gasteiger partial charge >= 0.3 is 0 Å². The molecule has 1 amide bonds. The van der Waals surface area contributed by atoms with Crippen molar-refractivity contribution in [3.8, 4) is 5.75 Å². The average molecular weight is 404 g/mol. The van der Waals surface area contributed by atoms with Crippen LogP contribution in [0.5, 0.6) is 5.75 Å². The van der Waals surface area contributed by atoms with Crippen LogP contribution in [-0.4, -0.2) is 45.2 Å². The van der Waals surface area contributed by atoms with Crippen molar-refractivity contribution in [1.82, 2.24) is 5.32 Å². The van der Waals surface area contributed by atoms with E-state index >= 15 is 0 Å². The fraction of sp³-hybridized carbons (Fsp3) is 0.409. The molecule has 150 valence electrons. The number of hydrogen-bond donors (Lipinski definition) is 3. The second kappa shape index (κ2) is 9.92. The molecule has 1 aliphatic rings. The molecule has 0 radical (unpaired) electrons. The van der Waals surface area contributed by atoms with Crippen molar-refractivity contribution < 1.29 is 19.3 Å². The van der Waals surface area contributed by atoms with E-state index in [4.69, 9.17) is 16.3 Å². The van der Waals surface area contributed by atoms with Gasteiger partial charge in [-0.25, -0.2) is 0 Å². The lowest BCUT2D eigenvalue weighted by molar-refractivity contribution is -1.02. The Bertz CT molecular complexity index is 756. The molecule has 0 aromatic heterocycles. The fourth-order valence-corrected chi connectivity index (χ4v) is 3.82. The standard InChI is InChI=1S/C22H28ClN3O2/c1-17(22(27)24-15-18-5-9-21(28-2)10-6-18)26-13-11-25(12-14-26)16-19-3-7-20(23)8-4-19/h3-10,17H,11-16H2,1-2H3,(H,24,27)/p+2/t17-/m1/s1. The molecule has 1 fully saturated rings. The number of halogens is 1. The van der Waals surface area contributed by atoms with E-state index in [-0.39, 0.29) is 11.9 Å². The van der Waals surface area contributed by atoms with E-state index in [9.17, 15) is 4.79 Å². The minimum Gasteiger partial charge on any atom is -0.497 e. The van der Waals surface area contributed by atoms with Crippen LogP contribution in [0.2, 0.25) is 5.02 Å². The highest BCUT2D eigenvalue weighted by Gasteiger charge is 2.30. The van der Waals surface area contributed by atoms with Gasteiger partial charge in [0, 0.05) is 17.1 Å². The van der Waals surface area contributed by atoms with Crippen LogP contribution in [0.4, 0.5) is 0 Å². The maximum absolute atomic E-state index is 12.6. The smallest absolute Gasteiger partial charge is 0.278 e. The Kier molecular flexibility index (Phi) is 7.31. The summed E-state index contributed by atoms with van der Waals surface area (Å²) in [6.45, 7) is 7.78. The number of benzene rings is 2. The molecule has 0 aliphatic carbocycles. The number of nitrogens with one attached hydrogen (secondary N) is 3. The molecule has 1 atom stereocenters. The monoisotopic (exact) mass is 403 g/mol. The molecule has 3 N–H and O–H groups in total. The number of hydrogen-bond acceptors (Lipinski definition) is 2. The van der Waals surface area contributed by atoms with Gasteiger partial charge in [0.2, 0.25) is 0 Å². The molecule has 1 heterocycles. The van der Waals surface area contributed by atoms with Crippen LogP contribution in [0, 0.1) is 0 Å². The zero-order chi connectivity index (χ0) is 19.9. The summed E-state index contributed by atoms with van der Waals surface area (Å²) in [7, 11) is 1.65. The summed E-state index contributed by atoms with van der Waals surface area (Å²) in [5, 5.41) is 3.85. The number of ether oxygens (including phenoxy) is 1. The third kappa shape index (κ3) is 5.71. The highest BCUT2D eigenvalue weighted by atomic mass is 35.5. The highest BCUT2D eigenvalue weighted by molar-refractivity contribution is 6.30. The predicted octanol–water partition coefficient (Wildman–Crippen LogP) is 0.337. The van der Waals surface area contributed by atoms with Crippen LogP contribution in [0.3, 0.4) is 0 Å². The minimum absolute atomic E-state index is 0.0321. The van der Waals surface area contributed by atoms with Crippen LogP contribution in [0.25, 0.3) is 0 Å². The van der Waals surface area contributed by atoms with E-state index in [1.807, 2.05) is 43.3 Å². The second-order valence-corrected chi connectivity index (χ2v) is 7.94. The summed E-state index contributed by atoms with van der Waals surface area (Å²) < 4.78 is 5.17. The molecule has 6 heteroatoms. The zero-order valence-electron chi connectivity index (χ0n) is 16.6. The Hall–Kier alpha value is -2.08. The summed E-state index contributed by atoms with van der Waals surface area (Å²) in [5.41, 5.74) is 2.39. The molecule has 0 unspecified atom stereocenters. The van der Waals surface area contributed by atoms with E-state index in [1.165, 1.54) is 10.5 Å². The van der Waals surface area contributed by atoms with Crippen LogP contribution >= 0.6 is 11.6 Å². The number of amides is 1. The summed E-state index contributed by atoms with van der Waals surface area (Å²) in [6, 6.07) is 15.9. The van der Waals surface area contributed by atoms with Gasteiger partial charge in [-0.1, -0.05) is 35.9 Å². The molecule has 2 aromatic rings. The minimum atomic E-state index is -0.0321. The molecular weight excluding hydrogens is 374 g/mol. The van der Waals surface area contributed by atoms with Crippen LogP contribution in [0.1, 0.15) is 18.1 Å². The van der Waals surface area contributed by atoms with E-state index in [2.05, 4.69) is 17.4 Å². The number of carbonyl (C=O) groups is 1. The number of rotatable bonds is 7. The van der Waals surface area contributed by atoms with Crippen molar-refractivity contribution in [1.29, 1.82) is 0 Å². The predicted molar refractivity (Wildman–Crippen MR) is 111 cm³/mol. The first kappa shape index (κ1) is 20.6. The van der Waals surface area contributed by atoms with Gasteiger partial charge in [0.05, 0.1) is 7.11 Å². The van der Waals surface area contributed by atoms with Crippen molar-refractivity contribution >= 4 is 17.5 Å². The van der Waals surface area contributed by atoms with Gasteiger partial charge in [-0.05, 0) is 36.8 Å². The number of carbonyl (C=O) groups excluding carboxylic acids is 1. The topological polar surface area (TPSA) is 47.2 Å². The molecule has 0 saturated carbocycles. The largest absolute Gasteiger partial charge is 0.497 e. The molecule has 2 aromatic carbocycles. The first-order valence-electron chi connectivity index (χ1n) is 9.88. The number of piperazine rings is 1. The molecule has 0 spiro atoms. The third-order valence-electron chi connectivity index (χ3n) is 5.60. The van der Waals surface area contributed by atoms with E-state index in [0.29, 0.717) is 6.54 Å². The van der Waals surface area contributed by atoms with Gasteiger partial charge in [-0.3, -0.25) is 4.79 Å². The van der Waals surface area contributed by atoms with E-state index < -0.39 is 0 Å². The van der Waals surface area contributed by atoms with Crippen LogP contribution < -0.4 is 19.9 Å². The maximum atomic E-state index is 12.6. The third-order valence-corrected chi connectivity index (χ3v) is 5.85. The SMILES string of the molecule is COc1ccc(CNC(=O)[C@@H](C)[NH+]2CC[NH+](Cc3ccc(Cl)cc3)CC2)cc1. The highest BCUT2D eigenvalue weighted by Crippen LogP contribution is 2.11. The molecule has 1 aliphatic heterocycles. The van der Waals surface area contributed by atoms with Crippen molar-refractivity contribution in [3.05, 3.63) is 64.7 Å². The Morgan fingerprint density at radius 2 is 1.64 bits per heavy atom. The molecule has 1 saturated heterocycles. The van der Waals surface area contributed by atoms with Gasteiger partial charge in [-0.2, -0.15) is 0 Å². The second-order valence-electron chi connectivity index (χ2n) is 7.50. The van der Waals surface area contributed by atoms with Gasteiger partial charge < -0.3 is 19.9 Å². The summed E-state index contributed by atoms with van der Waals surface area (Å²) in [5.74, 6) is 0.943. The average Bonchev–Trinajstić information content (AvgIpc) is 2.74. The first-order chi connectivity index (χ1) is 13.5. The lowest BCUT2D eigenvalue weighted by Gasteiger charge is -2.32. The zero-order valence-corrected chi connectivity index (χ0v) is 17.4. The molecule has 5 nitrogen and oxygen atoms in total. The van der Waals surface area contributed by atoms with Crippen LogP contribution in [0.15, 0.2) is 48.5 Å². The Morgan fingerprint density at radius 1 is 1.04 bits per heavy atom. The van der Waals surface area contributed by atoms with Gasteiger partial charge in [-0.15, -0.1) is 0 Å². The molecule has 0 bridgehead atoms. The fourth-order valence-electron chi connectivity index (χ4n) is 3.70. The van der Waals surface area contributed by atoms with E-state index in [1.54, 1.807) is 12.0 Å². The summed E-state index contributed by atoms with van der Waals surface area (Å²) in [6.07, 6.45) is 0. The van der Waals surface area contributed by atoms with Crippen molar-refractivity contribution in [2.24, 2.45) is 0 Å². The maximum Gasteiger partial charge on any atom is 0.278 e. The normalized spacial score (nSPS) is 20.4. The lowest BCUT2D eigenvalue weighted by atomic mass is 10.1. The van der Waals surface area contributed by atoms with Gasteiger partial charge in [0.25, 0.3) is 5.91 Å². The Labute approximate surface area is 172 Å². The summed E-state index contributed by atoms with van der Waals surface area (Å²) in [4.78, 5) is 15.5.